The van der Waals surface area contributed by atoms with E-state index in [1.807, 2.05) is 36.4 Å². The molecule has 0 bridgehead atoms. The Morgan fingerprint density at radius 2 is 1.75 bits per heavy atom. The SMILES string of the molecule is Clc1[c]c2ccc3c[c]c(Cl)cc3c2cc1. The first-order valence-electron chi connectivity index (χ1n) is 4.85. The number of rotatable bonds is 0. The summed E-state index contributed by atoms with van der Waals surface area (Å²) in [5.41, 5.74) is 0. The quantitative estimate of drug-likeness (QED) is 0.494. The van der Waals surface area contributed by atoms with Crippen LogP contribution < -0.4 is 0 Å². The van der Waals surface area contributed by atoms with Crippen molar-refractivity contribution in [1.29, 1.82) is 0 Å². The lowest BCUT2D eigenvalue weighted by Crippen LogP contribution is -1.78. The van der Waals surface area contributed by atoms with E-state index in [0.29, 0.717) is 10.0 Å². The topological polar surface area (TPSA) is 0 Å². The number of benzene rings is 3. The summed E-state index contributed by atoms with van der Waals surface area (Å²) in [7, 11) is 0. The van der Waals surface area contributed by atoms with Crippen molar-refractivity contribution >= 4 is 44.7 Å². The smallest absolute Gasteiger partial charge is 0.0491 e. The van der Waals surface area contributed by atoms with Gasteiger partial charge in [0, 0.05) is 22.2 Å². The molecule has 0 nitrogen and oxygen atoms in total. The van der Waals surface area contributed by atoms with Gasteiger partial charge >= 0.3 is 0 Å². The predicted molar refractivity (Wildman–Crippen MR) is 69.1 cm³/mol. The standard InChI is InChI=1S/C14H6Cl2/c15-11-5-6-13-10(7-11)2-1-9-3-4-12(16)8-14(9)13/h1-3,5-6,8H. The van der Waals surface area contributed by atoms with Gasteiger partial charge < -0.3 is 0 Å². The second-order valence-corrected chi connectivity index (χ2v) is 4.43. The highest BCUT2D eigenvalue weighted by atomic mass is 35.5. The molecule has 3 rings (SSSR count). The summed E-state index contributed by atoms with van der Waals surface area (Å²) in [6, 6.07) is 17.8. The molecule has 0 aliphatic heterocycles. The Kier molecular flexibility index (Phi) is 2.27. The van der Waals surface area contributed by atoms with Gasteiger partial charge in [0.15, 0.2) is 0 Å². The van der Waals surface area contributed by atoms with Gasteiger partial charge in [0.2, 0.25) is 0 Å². The minimum absolute atomic E-state index is 0.620. The molecule has 0 fully saturated rings. The molecule has 0 saturated carbocycles. The zero-order valence-electron chi connectivity index (χ0n) is 8.22. The van der Waals surface area contributed by atoms with Crippen molar-refractivity contribution in [3.05, 3.63) is 58.6 Å². The van der Waals surface area contributed by atoms with Crippen molar-refractivity contribution in [2.45, 2.75) is 0 Å². The molecule has 0 N–H and O–H groups in total. The monoisotopic (exact) mass is 244 g/mol. The van der Waals surface area contributed by atoms with Crippen LogP contribution in [0.15, 0.2) is 36.4 Å². The van der Waals surface area contributed by atoms with Crippen LogP contribution in [0.2, 0.25) is 10.0 Å². The van der Waals surface area contributed by atoms with Gasteiger partial charge in [-0.2, -0.15) is 0 Å². The minimum atomic E-state index is 0.620. The Hall–Kier alpha value is -1.24. The first-order chi connectivity index (χ1) is 7.74. The molecule has 0 amide bonds. The molecular weight excluding hydrogens is 239 g/mol. The lowest BCUT2D eigenvalue weighted by molar-refractivity contribution is 1.74. The Morgan fingerprint density at radius 3 is 2.62 bits per heavy atom. The molecule has 76 valence electrons. The van der Waals surface area contributed by atoms with E-state index in [0.717, 1.165) is 21.5 Å². The van der Waals surface area contributed by atoms with Crippen LogP contribution in [-0.2, 0) is 0 Å². The van der Waals surface area contributed by atoms with E-state index in [2.05, 4.69) is 12.1 Å². The molecule has 0 aliphatic carbocycles. The average Bonchev–Trinajstić information content (AvgIpc) is 2.28. The molecule has 0 atom stereocenters. The summed E-state index contributed by atoms with van der Waals surface area (Å²) >= 11 is 11.9. The Morgan fingerprint density at radius 1 is 0.875 bits per heavy atom. The van der Waals surface area contributed by atoms with Gasteiger partial charge in [-0.1, -0.05) is 41.4 Å². The Labute approximate surface area is 103 Å². The van der Waals surface area contributed by atoms with Crippen LogP contribution in [0.4, 0.5) is 0 Å². The highest BCUT2D eigenvalue weighted by Gasteiger charge is 2.02. The summed E-state index contributed by atoms with van der Waals surface area (Å²) in [4.78, 5) is 0. The van der Waals surface area contributed by atoms with Gasteiger partial charge in [0.1, 0.15) is 0 Å². The van der Waals surface area contributed by atoms with Crippen LogP contribution >= 0.6 is 23.2 Å². The molecule has 3 aromatic rings. The van der Waals surface area contributed by atoms with Crippen molar-refractivity contribution < 1.29 is 0 Å². The molecule has 0 heterocycles. The Balaban J connectivity index is 2.52. The summed E-state index contributed by atoms with van der Waals surface area (Å²) in [5.74, 6) is 0. The number of hydrogen-bond donors (Lipinski definition) is 0. The second-order valence-electron chi connectivity index (χ2n) is 3.62. The highest BCUT2D eigenvalue weighted by Crippen LogP contribution is 2.28. The molecule has 0 unspecified atom stereocenters. The van der Waals surface area contributed by atoms with Crippen LogP contribution in [0.25, 0.3) is 21.5 Å². The molecule has 0 saturated heterocycles. The maximum atomic E-state index is 5.96. The Bertz CT molecular complexity index is 687. The molecule has 3 aromatic carbocycles. The van der Waals surface area contributed by atoms with Crippen LogP contribution in [0.1, 0.15) is 0 Å². The van der Waals surface area contributed by atoms with Crippen molar-refractivity contribution in [2.24, 2.45) is 0 Å². The maximum absolute atomic E-state index is 5.96. The van der Waals surface area contributed by atoms with Crippen LogP contribution in [0.5, 0.6) is 0 Å². The van der Waals surface area contributed by atoms with Gasteiger partial charge in [-0.15, -0.1) is 0 Å². The van der Waals surface area contributed by atoms with Gasteiger partial charge in [0.05, 0.1) is 0 Å². The summed E-state index contributed by atoms with van der Waals surface area (Å²) in [6.45, 7) is 0. The van der Waals surface area contributed by atoms with E-state index in [1.165, 1.54) is 0 Å². The lowest BCUT2D eigenvalue weighted by Gasteiger charge is -2.04. The fourth-order valence-electron chi connectivity index (χ4n) is 1.87. The van der Waals surface area contributed by atoms with Gasteiger partial charge in [-0.25, -0.2) is 0 Å². The number of hydrogen-bond acceptors (Lipinski definition) is 0. The van der Waals surface area contributed by atoms with E-state index in [1.54, 1.807) is 0 Å². The van der Waals surface area contributed by atoms with E-state index in [4.69, 9.17) is 23.2 Å². The van der Waals surface area contributed by atoms with Crippen molar-refractivity contribution in [1.82, 2.24) is 0 Å². The largest absolute Gasteiger partial charge is 0.0836 e. The molecule has 0 aromatic heterocycles. The first kappa shape index (κ1) is 9.95. The third-order valence-electron chi connectivity index (χ3n) is 2.61. The molecule has 0 aliphatic rings. The fourth-order valence-corrected chi connectivity index (χ4v) is 2.20. The second kappa shape index (κ2) is 3.65. The molecule has 16 heavy (non-hydrogen) atoms. The van der Waals surface area contributed by atoms with E-state index >= 15 is 0 Å². The lowest BCUT2D eigenvalue weighted by atomic mass is 10.0. The summed E-state index contributed by atoms with van der Waals surface area (Å²) < 4.78 is 0. The fraction of sp³-hybridized carbons (Fsp3) is 0. The van der Waals surface area contributed by atoms with Crippen molar-refractivity contribution in [2.75, 3.05) is 0 Å². The zero-order chi connectivity index (χ0) is 11.1. The van der Waals surface area contributed by atoms with Crippen molar-refractivity contribution in [3.8, 4) is 0 Å². The van der Waals surface area contributed by atoms with E-state index in [-0.39, 0.29) is 0 Å². The van der Waals surface area contributed by atoms with Crippen LogP contribution in [0, 0.1) is 12.1 Å². The maximum Gasteiger partial charge on any atom is 0.0491 e. The highest BCUT2D eigenvalue weighted by molar-refractivity contribution is 6.32. The van der Waals surface area contributed by atoms with E-state index < -0.39 is 0 Å². The number of fused-ring (bicyclic) bond motifs is 3. The minimum Gasteiger partial charge on any atom is -0.0836 e. The van der Waals surface area contributed by atoms with Crippen molar-refractivity contribution in [3.63, 3.8) is 0 Å². The molecule has 0 spiro atoms. The predicted octanol–water partition coefficient (Wildman–Crippen LogP) is 4.90. The number of halogens is 2. The zero-order valence-corrected chi connectivity index (χ0v) is 9.73. The third-order valence-corrected chi connectivity index (χ3v) is 3.05. The summed E-state index contributed by atoms with van der Waals surface area (Å²) in [5, 5.41) is 5.58. The van der Waals surface area contributed by atoms with Gasteiger partial charge in [-0.05, 0) is 39.7 Å². The van der Waals surface area contributed by atoms with Gasteiger partial charge in [0.25, 0.3) is 0 Å². The molecule has 2 radical (unpaired) electrons. The van der Waals surface area contributed by atoms with Crippen LogP contribution in [0.3, 0.4) is 0 Å². The summed E-state index contributed by atoms with van der Waals surface area (Å²) in [6.07, 6.45) is 0. The molecule has 2 heteroatoms. The van der Waals surface area contributed by atoms with Crippen LogP contribution in [-0.4, -0.2) is 0 Å². The first-order valence-corrected chi connectivity index (χ1v) is 5.61. The van der Waals surface area contributed by atoms with Gasteiger partial charge in [-0.3, -0.25) is 0 Å². The third kappa shape index (κ3) is 1.55. The molecular formula is C14H6Cl2. The van der Waals surface area contributed by atoms with E-state index in [9.17, 15) is 0 Å². The average molecular weight is 245 g/mol. The normalized spacial score (nSPS) is 11.1.